The number of nitrogens with one attached hydrogen (secondary N) is 3. The van der Waals surface area contributed by atoms with Crippen molar-refractivity contribution in [2.45, 2.75) is 38.1 Å². The van der Waals surface area contributed by atoms with E-state index in [4.69, 9.17) is 0 Å². The van der Waals surface area contributed by atoms with Gasteiger partial charge in [-0.2, -0.15) is 0 Å². The van der Waals surface area contributed by atoms with Crippen molar-refractivity contribution in [1.29, 1.82) is 0 Å². The first-order valence-electron chi connectivity index (χ1n) is 6.53. The van der Waals surface area contributed by atoms with Gasteiger partial charge in [0.1, 0.15) is 0 Å². The van der Waals surface area contributed by atoms with Gasteiger partial charge in [-0.3, -0.25) is 9.59 Å². The summed E-state index contributed by atoms with van der Waals surface area (Å²) >= 11 is 0. The van der Waals surface area contributed by atoms with Crippen molar-refractivity contribution >= 4 is 11.8 Å². The molecule has 5 heteroatoms. The maximum atomic E-state index is 11.8. The van der Waals surface area contributed by atoms with Crippen molar-refractivity contribution < 1.29 is 9.59 Å². The average Bonchev–Trinajstić information content (AvgIpc) is 2.83. The summed E-state index contributed by atoms with van der Waals surface area (Å²) in [5.74, 6) is 0.108. The molecule has 96 valence electrons. The smallest absolute Gasteiger partial charge is 0.224 e. The number of hydrogen-bond donors (Lipinski definition) is 3. The summed E-state index contributed by atoms with van der Waals surface area (Å²) in [6, 6.07) is 0.571. The lowest BCUT2D eigenvalue weighted by atomic mass is 9.98. The van der Waals surface area contributed by atoms with E-state index in [2.05, 4.69) is 16.0 Å². The summed E-state index contributed by atoms with van der Waals surface area (Å²) in [4.78, 5) is 22.8. The Labute approximate surface area is 102 Å². The molecule has 0 aromatic rings. The highest BCUT2D eigenvalue weighted by atomic mass is 16.2. The highest BCUT2D eigenvalue weighted by Gasteiger charge is 2.24. The van der Waals surface area contributed by atoms with E-state index in [1.54, 1.807) is 0 Å². The van der Waals surface area contributed by atoms with E-state index in [0.717, 1.165) is 19.5 Å². The third kappa shape index (κ3) is 3.70. The zero-order valence-corrected chi connectivity index (χ0v) is 10.1. The number of rotatable bonds is 4. The maximum absolute atomic E-state index is 11.8. The molecule has 1 unspecified atom stereocenters. The molecule has 2 amide bonds. The standard InChI is InChI=1S/C12H21N3O2/c16-11-4-3-9(8-15-11)12(17)14-7-5-10-2-1-6-13-10/h9-10,13H,1-8H2,(H,14,17)(H,15,16)/t9?,10-/m0/s1. The van der Waals surface area contributed by atoms with E-state index >= 15 is 0 Å². The number of piperidine rings is 1. The Balaban J connectivity index is 1.61. The number of hydrogen-bond acceptors (Lipinski definition) is 3. The first-order chi connectivity index (χ1) is 8.25. The molecule has 2 atom stereocenters. The van der Waals surface area contributed by atoms with Crippen LogP contribution < -0.4 is 16.0 Å². The van der Waals surface area contributed by atoms with Crippen LogP contribution in [0.25, 0.3) is 0 Å². The summed E-state index contributed by atoms with van der Waals surface area (Å²) < 4.78 is 0. The van der Waals surface area contributed by atoms with Crippen molar-refractivity contribution in [1.82, 2.24) is 16.0 Å². The number of carbonyl (C=O) groups excluding carboxylic acids is 2. The minimum atomic E-state index is -0.0377. The highest BCUT2D eigenvalue weighted by Crippen LogP contribution is 2.11. The second kappa shape index (κ2) is 6.00. The van der Waals surface area contributed by atoms with Crippen LogP contribution in [0.5, 0.6) is 0 Å². The van der Waals surface area contributed by atoms with Crippen molar-refractivity contribution in [3.05, 3.63) is 0 Å². The van der Waals surface area contributed by atoms with E-state index in [1.807, 2.05) is 0 Å². The summed E-state index contributed by atoms with van der Waals surface area (Å²) in [7, 11) is 0. The predicted octanol–water partition coefficient (Wildman–Crippen LogP) is -0.229. The lowest BCUT2D eigenvalue weighted by Gasteiger charge is -2.22. The fraction of sp³-hybridized carbons (Fsp3) is 0.833. The van der Waals surface area contributed by atoms with Crippen molar-refractivity contribution in [3.8, 4) is 0 Å². The molecule has 5 nitrogen and oxygen atoms in total. The van der Waals surface area contributed by atoms with Crippen molar-refractivity contribution in [2.75, 3.05) is 19.6 Å². The minimum Gasteiger partial charge on any atom is -0.356 e. The van der Waals surface area contributed by atoms with Crippen LogP contribution >= 0.6 is 0 Å². The molecule has 2 heterocycles. The van der Waals surface area contributed by atoms with Crippen LogP contribution in [0.2, 0.25) is 0 Å². The molecule has 0 aliphatic carbocycles. The van der Waals surface area contributed by atoms with Gasteiger partial charge in [0.05, 0.1) is 5.92 Å². The second-order valence-electron chi connectivity index (χ2n) is 4.91. The van der Waals surface area contributed by atoms with E-state index < -0.39 is 0 Å². The lowest BCUT2D eigenvalue weighted by Crippen LogP contribution is -2.43. The Hall–Kier alpha value is -1.10. The molecule has 3 N–H and O–H groups in total. The molecule has 17 heavy (non-hydrogen) atoms. The molecular weight excluding hydrogens is 218 g/mol. The molecule has 0 spiro atoms. The third-order valence-corrected chi connectivity index (χ3v) is 3.59. The van der Waals surface area contributed by atoms with Crippen LogP contribution in [-0.4, -0.2) is 37.5 Å². The van der Waals surface area contributed by atoms with Crippen LogP contribution in [0.15, 0.2) is 0 Å². The zero-order valence-electron chi connectivity index (χ0n) is 10.1. The van der Waals surface area contributed by atoms with Crippen LogP contribution in [0.1, 0.15) is 32.1 Å². The molecule has 0 aromatic heterocycles. The molecule has 0 bridgehead atoms. The largest absolute Gasteiger partial charge is 0.356 e. The molecule has 0 saturated carbocycles. The fourth-order valence-corrected chi connectivity index (χ4v) is 2.47. The van der Waals surface area contributed by atoms with Crippen molar-refractivity contribution in [2.24, 2.45) is 5.92 Å². The van der Waals surface area contributed by atoms with Gasteiger partial charge in [0, 0.05) is 25.6 Å². The maximum Gasteiger partial charge on any atom is 0.224 e. The monoisotopic (exact) mass is 239 g/mol. The molecule has 2 aliphatic heterocycles. The van der Waals surface area contributed by atoms with E-state index in [9.17, 15) is 9.59 Å². The first-order valence-corrected chi connectivity index (χ1v) is 6.53. The SMILES string of the molecule is O=C1CCC(C(=O)NCC[C@@H]2CCCN2)CN1. The molecule has 2 aliphatic rings. The van der Waals surface area contributed by atoms with Crippen LogP contribution in [-0.2, 0) is 9.59 Å². The van der Waals surface area contributed by atoms with Crippen LogP contribution in [0.3, 0.4) is 0 Å². The summed E-state index contributed by atoms with van der Waals surface area (Å²) in [5.41, 5.74) is 0. The first kappa shape index (κ1) is 12.4. The number of amides is 2. The van der Waals surface area contributed by atoms with E-state index in [0.29, 0.717) is 25.4 Å². The van der Waals surface area contributed by atoms with E-state index in [1.165, 1.54) is 12.8 Å². The minimum absolute atomic E-state index is 0.0377. The molecule has 2 saturated heterocycles. The van der Waals surface area contributed by atoms with Gasteiger partial charge in [-0.15, -0.1) is 0 Å². The van der Waals surface area contributed by atoms with Crippen molar-refractivity contribution in [3.63, 3.8) is 0 Å². The summed E-state index contributed by atoms with van der Waals surface area (Å²) in [6.45, 7) is 2.33. The van der Waals surface area contributed by atoms with Gasteiger partial charge in [0.2, 0.25) is 11.8 Å². The normalized spacial score (nSPS) is 28.8. The van der Waals surface area contributed by atoms with Crippen LogP contribution in [0.4, 0.5) is 0 Å². The Morgan fingerprint density at radius 3 is 2.94 bits per heavy atom. The Morgan fingerprint density at radius 2 is 2.29 bits per heavy atom. The fourth-order valence-electron chi connectivity index (χ4n) is 2.47. The Kier molecular flexibility index (Phi) is 4.36. The average molecular weight is 239 g/mol. The quantitative estimate of drug-likeness (QED) is 0.635. The van der Waals surface area contributed by atoms with Gasteiger partial charge in [-0.05, 0) is 32.2 Å². The topological polar surface area (TPSA) is 70.2 Å². The van der Waals surface area contributed by atoms with Crippen LogP contribution in [0, 0.1) is 5.92 Å². The molecule has 0 radical (unpaired) electrons. The van der Waals surface area contributed by atoms with Gasteiger partial charge in [-0.1, -0.05) is 0 Å². The second-order valence-corrected chi connectivity index (χ2v) is 4.91. The van der Waals surface area contributed by atoms with Gasteiger partial charge in [0.25, 0.3) is 0 Å². The third-order valence-electron chi connectivity index (χ3n) is 3.59. The van der Waals surface area contributed by atoms with Gasteiger partial charge < -0.3 is 16.0 Å². The zero-order chi connectivity index (χ0) is 12.1. The predicted molar refractivity (Wildman–Crippen MR) is 64.4 cm³/mol. The Bertz CT molecular complexity index is 277. The van der Waals surface area contributed by atoms with Gasteiger partial charge >= 0.3 is 0 Å². The molecule has 2 rings (SSSR count). The van der Waals surface area contributed by atoms with E-state index in [-0.39, 0.29) is 17.7 Å². The molecular formula is C12H21N3O2. The molecule has 2 fully saturated rings. The van der Waals surface area contributed by atoms with Gasteiger partial charge in [0.15, 0.2) is 0 Å². The Morgan fingerprint density at radius 1 is 1.41 bits per heavy atom. The lowest BCUT2D eigenvalue weighted by molar-refractivity contribution is -0.128. The number of carbonyl (C=O) groups is 2. The highest BCUT2D eigenvalue weighted by molar-refractivity contribution is 5.83. The van der Waals surface area contributed by atoms with Gasteiger partial charge in [-0.25, -0.2) is 0 Å². The summed E-state index contributed by atoms with van der Waals surface area (Å²) in [6.07, 6.45) is 4.62. The molecule has 0 aromatic carbocycles. The summed E-state index contributed by atoms with van der Waals surface area (Å²) in [5, 5.41) is 9.10.